The van der Waals surface area contributed by atoms with E-state index >= 15 is 0 Å². The Balaban J connectivity index is 2.43. The van der Waals surface area contributed by atoms with Gasteiger partial charge in [0.2, 0.25) is 0 Å². The van der Waals surface area contributed by atoms with Crippen LogP contribution in [0.4, 0.5) is 0 Å². The van der Waals surface area contributed by atoms with Crippen LogP contribution in [0.1, 0.15) is 33.6 Å². The quantitative estimate of drug-likeness (QED) is 0.535. The predicted molar refractivity (Wildman–Crippen MR) is 49.8 cm³/mol. The van der Waals surface area contributed by atoms with Crippen LogP contribution in [0.25, 0.3) is 0 Å². The zero-order valence-corrected chi connectivity index (χ0v) is 8.46. The number of allylic oxidation sites excluding steroid dienone is 1. The molecule has 1 heterocycles. The molecule has 0 saturated heterocycles. The van der Waals surface area contributed by atoms with Gasteiger partial charge < -0.3 is 4.74 Å². The van der Waals surface area contributed by atoms with E-state index in [0.717, 1.165) is 12.8 Å². The van der Waals surface area contributed by atoms with Crippen molar-refractivity contribution in [3.63, 3.8) is 0 Å². The molecule has 0 aromatic heterocycles. The monoisotopic (exact) mass is 180 g/mol. The number of rotatable bonds is 0. The highest BCUT2D eigenvalue weighted by Crippen LogP contribution is 2.53. The fourth-order valence-corrected chi connectivity index (χ4v) is 2.76. The van der Waals surface area contributed by atoms with Crippen molar-refractivity contribution >= 4 is 5.97 Å². The molecule has 13 heavy (non-hydrogen) atoms. The molecule has 3 atom stereocenters. The van der Waals surface area contributed by atoms with Gasteiger partial charge in [0.1, 0.15) is 0 Å². The van der Waals surface area contributed by atoms with E-state index in [4.69, 9.17) is 4.74 Å². The molecule has 2 rings (SSSR count). The minimum absolute atomic E-state index is 0.0342. The first-order chi connectivity index (χ1) is 6.06. The summed E-state index contributed by atoms with van der Waals surface area (Å²) in [5.41, 5.74) is 0.977. The Bertz CT molecular complexity index is 280. The lowest BCUT2D eigenvalue weighted by molar-refractivity contribution is -0.155. The van der Waals surface area contributed by atoms with E-state index in [-0.39, 0.29) is 11.4 Å². The highest BCUT2D eigenvalue weighted by atomic mass is 16.5. The van der Waals surface area contributed by atoms with Crippen molar-refractivity contribution in [2.75, 3.05) is 0 Å². The van der Waals surface area contributed by atoms with E-state index < -0.39 is 0 Å². The maximum Gasteiger partial charge on any atom is 0.317 e. The lowest BCUT2D eigenvalue weighted by atomic mass is 9.71. The SMILES string of the molecule is CC1=COC(=O)[C@@]2(C)[C@@H]1CC[C@@H]2C. The van der Waals surface area contributed by atoms with E-state index in [1.807, 2.05) is 6.92 Å². The van der Waals surface area contributed by atoms with Crippen LogP contribution in [0, 0.1) is 17.3 Å². The third-order valence-corrected chi connectivity index (χ3v) is 3.98. The largest absolute Gasteiger partial charge is 0.434 e. The van der Waals surface area contributed by atoms with Crippen molar-refractivity contribution in [1.82, 2.24) is 0 Å². The summed E-state index contributed by atoms with van der Waals surface area (Å²) in [6, 6.07) is 0. The van der Waals surface area contributed by atoms with Gasteiger partial charge >= 0.3 is 5.97 Å². The Kier molecular flexibility index (Phi) is 1.76. The molecule has 0 aromatic rings. The van der Waals surface area contributed by atoms with Crippen LogP contribution >= 0.6 is 0 Å². The standard InChI is InChI=1S/C11H16O2/c1-7-6-13-10(12)11(3)8(2)4-5-9(7)11/h6,8-9H,4-5H2,1-3H3/t8-,9+,11+/m0/s1. The van der Waals surface area contributed by atoms with Gasteiger partial charge in [-0.3, -0.25) is 4.79 Å². The number of cyclic esters (lactones) is 1. The second-order valence-corrected chi connectivity index (χ2v) is 4.58. The van der Waals surface area contributed by atoms with Gasteiger partial charge in [-0.05, 0) is 44.1 Å². The number of esters is 1. The molecule has 0 spiro atoms. The first-order valence-electron chi connectivity index (χ1n) is 4.94. The van der Waals surface area contributed by atoms with Gasteiger partial charge in [0.15, 0.2) is 0 Å². The molecular weight excluding hydrogens is 164 g/mol. The lowest BCUT2D eigenvalue weighted by Gasteiger charge is -2.35. The van der Waals surface area contributed by atoms with Crippen LogP contribution in [0.2, 0.25) is 0 Å². The third-order valence-electron chi connectivity index (χ3n) is 3.98. The summed E-state index contributed by atoms with van der Waals surface area (Å²) >= 11 is 0. The molecule has 0 aromatic carbocycles. The Hall–Kier alpha value is -0.790. The van der Waals surface area contributed by atoms with Gasteiger partial charge in [0.25, 0.3) is 0 Å². The molecule has 1 aliphatic carbocycles. The van der Waals surface area contributed by atoms with Crippen LogP contribution in [0.15, 0.2) is 11.8 Å². The number of carbonyl (C=O) groups excluding carboxylic acids is 1. The Morgan fingerprint density at radius 1 is 1.54 bits per heavy atom. The zero-order valence-electron chi connectivity index (χ0n) is 8.46. The molecule has 72 valence electrons. The van der Waals surface area contributed by atoms with Crippen LogP contribution < -0.4 is 0 Å². The summed E-state index contributed by atoms with van der Waals surface area (Å²) in [7, 11) is 0. The smallest absolute Gasteiger partial charge is 0.317 e. The minimum Gasteiger partial charge on any atom is -0.434 e. The van der Waals surface area contributed by atoms with Crippen molar-refractivity contribution < 1.29 is 9.53 Å². The molecule has 0 radical (unpaired) electrons. The highest BCUT2D eigenvalue weighted by Gasteiger charge is 2.53. The average Bonchev–Trinajstić information content (AvgIpc) is 2.39. The van der Waals surface area contributed by atoms with Crippen molar-refractivity contribution in [3.05, 3.63) is 11.8 Å². The lowest BCUT2D eigenvalue weighted by Crippen LogP contribution is -2.40. The number of fused-ring (bicyclic) bond motifs is 1. The minimum atomic E-state index is -0.251. The van der Waals surface area contributed by atoms with Gasteiger partial charge in [-0.25, -0.2) is 0 Å². The van der Waals surface area contributed by atoms with Gasteiger partial charge in [0.05, 0.1) is 11.7 Å². The van der Waals surface area contributed by atoms with Gasteiger partial charge in [-0.2, -0.15) is 0 Å². The molecular formula is C11H16O2. The molecule has 2 heteroatoms. The van der Waals surface area contributed by atoms with Crippen LogP contribution in [-0.4, -0.2) is 5.97 Å². The normalized spacial score (nSPS) is 43.9. The van der Waals surface area contributed by atoms with Gasteiger partial charge in [-0.1, -0.05) is 6.92 Å². The van der Waals surface area contributed by atoms with E-state index in [1.54, 1.807) is 6.26 Å². The molecule has 2 aliphatic rings. The fourth-order valence-electron chi connectivity index (χ4n) is 2.76. The highest BCUT2D eigenvalue weighted by molar-refractivity contribution is 5.80. The predicted octanol–water partition coefficient (Wildman–Crippen LogP) is 2.50. The summed E-state index contributed by atoms with van der Waals surface area (Å²) in [6.45, 7) is 6.27. The molecule has 1 fully saturated rings. The Labute approximate surface area is 79.0 Å². The molecule has 1 saturated carbocycles. The molecule has 0 N–H and O–H groups in total. The van der Waals surface area contributed by atoms with Gasteiger partial charge in [-0.15, -0.1) is 0 Å². The molecule has 0 amide bonds. The number of ether oxygens (including phenoxy) is 1. The summed E-state index contributed by atoms with van der Waals surface area (Å²) in [5.74, 6) is 0.838. The van der Waals surface area contributed by atoms with Gasteiger partial charge in [0, 0.05) is 0 Å². The molecule has 1 aliphatic heterocycles. The van der Waals surface area contributed by atoms with Crippen molar-refractivity contribution in [1.29, 1.82) is 0 Å². The second-order valence-electron chi connectivity index (χ2n) is 4.58. The second kappa shape index (κ2) is 2.60. The number of hydrogen-bond acceptors (Lipinski definition) is 2. The number of hydrogen-bond donors (Lipinski definition) is 0. The van der Waals surface area contributed by atoms with Crippen LogP contribution in [0.3, 0.4) is 0 Å². The summed E-state index contributed by atoms with van der Waals surface area (Å²) < 4.78 is 5.08. The zero-order chi connectivity index (χ0) is 9.64. The van der Waals surface area contributed by atoms with Crippen molar-refractivity contribution in [2.24, 2.45) is 17.3 Å². The number of carbonyl (C=O) groups is 1. The van der Waals surface area contributed by atoms with E-state index in [9.17, 15) is 4.79 Å². The van der Waals surface area contributed by atoms with E-state index in [1.165, 1.54) is 5.57 Å². The van der Waals surface area contributed by atoms with Crippen molar-refractivity contribution in [2.45, 2.75) is 33.6 Å². The first kappa shape index (κ1) is 8.79. The maximum atomic E-state index is 11.7. The maximum absolute atomic E-state index is 11.7. The van der Waals surface area contributed by atoms with Crippen LogP contribution in [-0.2, 0) is 9.53 Å². The first-order valence-corrected chi connectivity index (χ1v) is 4.94. The van der Waals surface area contributed by atoms with E-state index in [0.29, 0.717) is 11.8 Å². The Morgan fingerprint density at radius 2 is 2.23 bits per heavy atom. The van der Waals surface area contributed by atoms with Crippen LogP contribution in [0.5, 0.6) is 0 Å². The third kappa shape index (κ3) is 0.976. The fraction of sp³-hybridized carbons (Fsp3) is 0.727. The summed E-state index contributed by atoms with van der Waals surface area (Å²) in [6.07, 6.45) is 3.91. The van der Waals surface area contributed by atoms with E-state index in [2.05, 4.69) is 13.8 Å². The molecule has 0 bridgehead atoms. The Morgan fingerprint density at radius 3 is 2.85 bits per heavy atom. The van der Waals surface area contributed by atoms with Crippen molar-refractivity contribution in [3.8, 4) is 0 Å². The molecule has 2 nitrogen and oxygen atoms in total. The average molecular weight is 180 g/mol. The topological polar surface area (TPSA) is 26.3 Å². The molecule has 0 unspecified atom stereocenters. The summed E-state index contributed by atoms with van der Waals surface area (Å²) in [4.78, 5) is 11.7. The summed E-state index contributed by atoms with van der Waals surface area (Å²) in [5, 5.41) is 0.